The first-order chi connectivity index (χ1) is 13.3. The van der Waals surface area contributed by atoms with Gasteiger partial charge in [-0.3, -0.25) is 4.79 Å². The van der Waals surface area contributed by atoms with E-state index in [1.807, 2.05) is 19.9 Å². The van der Waals surface area contributed by atoms with Gasteiger partial charge in [0.2, 0.25) is 0 Å². The first-order valence-corrected chi connectivity index (χ1v) is 8.71. The third kappa shape index (κ3) is 5.60. The van der Waals surface area contributed by atoms with Crippen LogP contribution in [-0.2, 0) is 14.3 Å². The third-order valence-corrected chi connectivity index (χ3v) is 4.10. The monoisotopic (exact) mass is 398 g/mol. The lowest BCUT2D eigenvalue weighted by Crippen LogP contribution is -2.22. The van der Waals surface area contributed by atoms with Gasteiger partial charge in [-0.25, -0.2) is 4.79 Å². The Morgan fingerprint density at radius 1 is 1.21 bits per heavy atom. The minimum absolute atomic E-state index is 0.220. The predicted molar refractivity (Wildman–Crippen MR) is 107 cm³/mol. The van der Waals surface area contributed by atoms with Crippen molar-refractivity contribution in [3.05, 3.63) is 63.7 Å². The molecular formula is C21H19ClN2O4. The maximum absolute atomic E-state index is 12.1. The van der Waals surface area contributed by atoms with E-state index in [4.69, 9.17) is 21.1 Å². The molecule has 0 radical (unpaired) electrons. The van der Waals surface area contributed by atoms with Crippen LogP contribution in [0.5, 0.6) is 5.75 Å². The number of benzene rings is 2. The van der Waals surface area contributed by atoms with Gasteiger partial charge in [-0.15, -0.1) is 0 Å². The topological polar surface area (TPSA) is 88.4 Å². The summed E-state index contributed by atoms with van der Waals surface area (Å²) in [7, 11) is 1.54. The number of ether oxygens (including phenoxy) is 2. The molecule has 0 unspecified atom stereocenters. The van der Waals surface area contributed by atoms with Crippen LogP contribution in [0.3, 0.4) is 0 Å². The van der Waals surface area contributed by atoms with E-state index < -0.39 is 18.5 Å². The van der Waals surface area contributed by atoms with Gasteiger partial charge in [-0.1, -0.05) is 29.8 Å². The van der Waals surface area contributed by atoms with Gasteiger partial charge in [0.25, 0.3) is 5.91 Å². The molecule has 144 valence electrons. The van der Waals surface area contributed by atoms with Crippen LogP contribution in [0, 0.1) is 25.2 Å². The summed E-state index contributed by atoms with van der Waals surface area (Å²) in [6, 6.07) is 12.2. The number of carbonyl (C=O) groups excluding carboxylic acids is 2. The lowest BCUT2D eigenvalue weighted by molar-refractivity contribution is -0.142. The number of nitrogens with zero attached hydrogens (tertiary/aromatic N) is 1. The zero-order chi connectivity index (χ0) is 20.7. The highest BCUT2D eigenvalue weighted by molar-refractivity contribution is 6.34. The van der Waals surface area contributed by atoms with Crippen molar-refractivity contribution in [1.82, 2.24) is 0 Å². The average molecular weight is 399 g/mol. The highest BCUT2D eigenvalue weighted by Crippen LogP contribution is 2.27. The second kappa shape index (κ2) is 9.58. The van der Waals surface area contributed by atoms with Gasteiger partial charge in [0, 0.05) is 0 Å². The summed E-state index contributed by atoms with van der Waals surface area (Å²) in [6.07, 6.45) is 1.38. The fourth-order valence-electron chi connectivity index (χ4n) is 2.46. The molecule has 0 aromatic heterocycles. The highest BCUT2D eigenvalue weighted by Gasteiger charge is 2.15. The molecule has 2 aromatic rings. The molecule has 0 bridgehead atoms. The number of aryl methyl sites for hydroxylation is 2. The zero-order valence-electron chi connectivity index (χ0n) is 15.7. The quantitative estimate of drug-likeness (QED) is 0.450. The summed E-state index contributed by atoms with van der Waals surface area (Å²) in [5, 5.41) is 12.2. The Morgan fingerprint density at radius 2 is 1.89 bits per heavy atom. The van der Waals surface area contributed by atoms with Crippen molar-refractivity contribution in [1.29, 1.82) is 5.26 Å². The number of halogens is 1. The maximum Gasteiger partial charge on any atom is 0.349 e. The van der Waals surface area contributed by atoms with Crippen molar-refractivity contribution in [2.24, 2.45) is 0 Å². The minimum atomic E-state index is -0.889. The predicted octanol–water partition coefficient (Wildman–Crippen LogP) is 4.05. The second-order valence-corrected chi connectivity index (χ2v) is 6.41. The summed E-state index contributed by atoms with van der Waals surface area (Å²) < 4.78 is 9.99. The van der Waals surface area contributed by atoms with Crippen LogP contribution in [-0.4, -0.2) is 25.6 Å². The first-order valence-electron chi connectivity index (χ1n) is 8.33. The van der Waals surface area contributed by atoms with E-state index in [2.05, 4.69) is 5.32 Å². The molecular weight excluding hydrogens is 380 g/mol. The van der Waals surface area contributed by atoms with Crippen molar-refractivity contribution < 1.29 is 19.1 Å². The number of nitriles is 1. The first kappa shape index (κ1) is 21.0. The Kier molecular flexibility index (Phi) is 7.19. The number of methoxy groups -OCH3 is 1. The minimum Gasteiger partial charge on any atom is -0.497 e. The van der Waals surface area contributed by atoms with Crippen molar-refractivity contribution >= 4 is 35.2 Å². The van der Waals surface area contributed by atoms with Gasteiger partial charge in [-0.05, 0) is 54.8 Å². The molecule has 0 saturated heterocycles. The number of esters is 1. The molecule has 0 heterocycles. The van der Waals surface area contributed by atoms with Gasteiger partial charge in [0.1, 0.15) is 17.4 Å². The van der Waals surface area contributed by atoms with Gasteiger partial charge >= 0.3 is 5.97 Å². The summed E-state index contributed by atoms with van der Waals surface area (Å²) in [5.74, 6) is -0.788. The van der Waals surface area contributed by atoms with Gasteiger partial charge in [0.05, 0.1) is 17.8 Å². The number of anilines is 1. The number of carbonyl (C=O) groups is 2. The number of hydrogen-bond donors (Lipinski definition) is 1. The number of nitrogens with one attached hydrogen (secondary N) is 1. The Morgan fingerprint density at radius 3 is 2.46 bits per heavy atom. The van der Waals surface area contributed by atoms with Crippen LogP contribution in [0.1, 0.15) is 16.7 Å². The van der Waals surface area contributed by atoms with E-state index in [-0.39, 0.29) is 5.57 Å². The molecule has 28 heavy (non-hydrogen) atoms. The number of hydrogen-bond acceptors (Lipinski definition) is 5. The van der Waals surface area contributed by atoms with E-state index in [1.165, 1.54) is 6.08 Å². The van der Waals surface area contributed by atoms with Crippen LogP contribution in [0.25, 0.3) is 6.08 Å². The SMILES string of the molecule is COc1ccc(/C=C(\C#N)C(=O)OCC(=O)Nc2c(C)cc(C)cc2Cl)cc1. The molecule has 0 aliphatic heterocycles. The largest absolute Gasteiger partial charge is 0.497 e. The summed E-state index contributed by atoms with van der Waals surface area (Å²) in [5.41, 5.74) is 2.63. The van der Waals surface area contributed by atoms with Crippen LogP contribution >= 0.6 is 11.6 Å². The van der Waals surface area contributed by atoms with Crippen LogP contribution in [0.4, 0.5) is 5.69 Å². The number of amides is 1. The smallest absolute Gasteiger partial charge is 0.349 e. The van der Waals surface area contributed by atoms with E-state index in [9.17, 15) is 14.9 Å². The lowest BCUT2D eigenvalue weighted by atomic mass is 10.1. The Balaban J connectivity index is 2.00. The number of rotatable bonds is 6. The van der Waals surface area contributed by atoms with E-state index >= 15 is 0 Å². The Bertz CT molecular complexity index is 936. The average Bonchev–Trinajstić information content (AvgIpc) is 2.67. The fourth-order valence-corrected chi connectivity index (χ4v) is 2.83. The van der Waals surface area contributed by atoms with Crippen LogP contribution < -0.4 is 10.1 Å². The highest BCUT2D eigenvalue weighted by atomic mass is 35.5. The van der Waals surface area contributed by atoms with E-state index in [0.717, 1.165) is 11.1 Å². The molecule has 0 aliphatic carbocycles. The van der Waals surface area contributed by atoms with Gasteiger partial charge in [0.15, 0.2) is 6.61 Å². The molecule has 0 saturated carbocycles. The van der Waals surface area contributed by atoms with Crippen molar-refractivity contribution in [3.63, 3.8) is 0 Å². The third-order valence-electron chi connectivity index (χ3n) is 3.80. The molecule has 0 fully saturated rings. The van der Waals surface area contributed by atoms with Crippen LogP contribution in [0.15, 0.2) is 42.0 Å². The molecule has 2 rings (SSSR count). The Hall–Kier alpha value is -3.30. The van der Waals surface area contributed by atoms with Crippen molar-refractivity contribution in [3.8, 4) is 11.8 Å². The molecule has 0 aliphatic rings. The molecule has 1 amide bonds. The maximum atomic E-state index is 12.1. The molecule has 0 spiro atoms. The summed E-state index contributed by atoms with van der Waals surface area (Å²) >= 11 is 6.14. The molecule has 6 nitrogen and oxygen atoms in total. The van der Waals surface area contributed by atoms with Crippen molar-refractivity contribution in [2.75, 3.05) is 19.0 Å². The standard InChI is InChI=1S/C21H19ClN2O4/c1-13-8-14(2)20(18(22)9-13)24-19(25)12-28-21(26)16(11-23)10-15-4-6-17(27-3)7-5-15/h4-10H,12H2,1-3H3,(H,24,25)/b16-10+. The molecule has 2 aromatic carbocycles. The van der Waals surface area contributed by atoms with E-state index in [0.29, 0.717) is 22.0 Å². The van der Waals surface area contributed by atoms with Crippen LogP contribution in [0.2, 0.25) is 5.02 Å². The van der Waals surface area contributed by atoms with Crippen molar-refractivity contribution in [2.45, 2.75) is 13.8 Å². The molecule has 1 N–H and O–H groups in total. The van der Waals surface area contributed by atoms with E-state index in [1.54, 1.807) is 43.5 Å². The zero-order valence-corrected chi connectivity index (χ0v) is 16.5. The molecule has 0 atom stereocenters. The van der Waals surface area contributed by atoms with Gasteiger partial charge < -0.3 is 14.8 Å². The Labute approximate surface area is 168 Å². The lowest BCUT2D eigenvalue weighted by Gasteiger charge is -2.11. The fraction of sp³-hybridized carbons (Fsp3) is 0.190. The second-order valence-electron chi connectivity index (χ2n) is 6.01. The summed E-state index contributed by atoms with van der Waals surface area (Å²) in [6.45, 7) is 3.17. The summed E-state index contributed by atoms with van der Waals surface area (Å²) in [4.78, 5) is 24.2. The normalized spacial score (nSPS) is 10.8. The van der Waals surface area contributed by atoms with Gasteiger partial charge in [-0.2, -0.15) is 5.26 Å². The molecule has 7 heteroatoms.